The molecule has 2 heterocycles. The maximum absolute atomic E-state index is 11.9. The van der Waals surface area contributed by atoms with E-state index in [4.69, 9.17) is 5.73 Å². The molecule has 4 aliphatic carbocycles. The summed E-state index contributed by atoms with van der Waals surface area (Å²) in [5.41, 5.74) is 10.6. The molecule has 5 aliphatic rings. The molecule has 31 heavy (non-hydrogen) atoms. The molecule has 7 rings (SSSR count). The van der Waals surface area contributed by atoms with Crippen LogP contribution >= 0.6 is 0 Å². The van der Waals surface area contributed by atoms with Gasteiger partial charge in [-0.05, 0) is 79.4 Å². The Hall–Kier alpha value is -2.81. The van der Waals surface area contributed by atoms with Gasteiger partial charge in [0.25, 0.3) is 6.29 Å². The van der Waals surface area contributed by atoms with Gasteiger partial charge in [-0.15, -0.1) is 5.01 Å². The largest absolute Gasteiger partial charge is 0.370 e. The van der Waals surface area contributed by atoms with Crippen LogP contribution in [0.2, 0.25) is 0 Å². The van der Waals surface area contributed by atoms with Crippen LogP contribution < -0.4 is 11.2 Å². The van der Waals surface area contributed by atoms with Crippen molar-refractivity contribution in [1.29, 1.82) is 0 Å². The van der Waals surface area contributed by atoms with Crippen LogP contribution in [0, 0.1) is 27.9 Å². The first-order chi connectivity index (χ1) is 14.9. The van der Waals surface area contributed by atoms with Crippen molar-refractivity contribution in [1.82, 2.24) is 14.8 Å². The van der Waals surface area contributed by atoms with Gasteiger partial charge in [0.1, 0.15) is 0 Å². The van der Waals surface area contributed by atoms with Crippen molar-refractivity contribution in [3.05, 3.63) is 46.1 Å². The summed E-state index contributed by atoms with van der Waals surface area (Å²) in [5.74, 6) is 1.82. The van der Waals surface area contributed by atoms with Crippen LogP contribution in [0.3, 0.4) is 0 Å². The highest BCUT2D eigenvalue weighted by Crippen LogP contribution is 2.60. The predicted molar refractivity (Wildman–Crippen MR) is 114 cm³/mol. The van der Waals surface area contributed by atoms with Crippen LogP contribution in [0.15, 0.2) is 30.5 Å². The van der Waals surface area contributed by atoms with Crippen molar-refractivity contribution >= 4 is 16.8 Å². The van der Waals surface area contributed by atoms with Crippen LogP contribution in [0.5, 0.6) is 0 Å². The van der Waals surface area contributed by atoms with Gasteiger partial charge >= 0.3 is 0 Å². The van der Waals surface area contributed by atoms with Crippen LogP contribution in [-0.2, 0) is 11.2 Å². The van der Waals surface area contributed by atoms with E-state index in [-0.39, 0.29) is 22.9 Å². The van der Waals surface area contributed by atoms with Crippen molar-refractivity contribution in [2.75, 3.05) is 5.43 Å². The topological polar surface area (TPSA) is 109 Å². The molecule has 9 heteroatoms. The number of nitro groups is 1. The minimum atomic E-state index is -0.467. The number of amides is 1. The van der Waals surface area contributed by atoms with Crippen LogP contribution in [0.1, 0.15) is 50.5 Å². The summed E-state index contributed by atoms with van der Waals surface area (Å²) in [6.07, 6.45) is 9.41. The average Bonchev–Trinajstić information content (AvgIpc) is 3.34. The number of fused-ring (bicyclic) bond motifs is 1. The molecule has 4 bridgehead atoms. The Morgan fingerprint density at radius 1 is 1.16 bits per heavy atom. The molecule has 1 aromatic carbocycles. The Kier molecular flexibility index (Phi) is 4.02. The molecule has 2 unspecified atom stereocenters. The summed E-state index contributed by atoms with van der Waals surface area (Å²) in [5, 5.41) is 15.9. The number of nitrogens with zero attached hydrogens (tertiary/aromatic N) is 4. The Bertz CT molecular complexity index is 1030. The second-order valence-corrected chi connectivity index (χ2v) is 10.1. The first-order valence-corrected chi connectivity index (χ1v) is 11.3. The third-order valence-electron chi connectivity index (χ3n) is 7.97. The molecule has 4 saturated carbocycles. The highest BCUT2D eigenvalue weighted by atomic mass is 16.7. The van der Waals surface area contributed by atoms with Crippen molar-refractivity contribution < 1.29 is 9.83 Å². The number of rotatable bonds is 7. The van der Waals surface area contributed by atoms with Gasteiger partial charge < -0.3 is 5.73 Å². The molecule has 9 nitrogen and oxygen atoms in total. The quantitative estimate of drug-likeness (QED) is 0.402. The molecule has 3 N–H and O–H groups in total. The number of aryl methyl sites for hydroxylation is 1. The Morgan fingerprint density at radius 2 is 1.81 bits per heavy atom. The molecule has 1 saturated heterocycles. The fourth-order valence-electron chi connectivity index (χ4n) is 7.20. The molecular weight excluding hydrogens is 396 g/mol. The van der Waals surface area contributed by atoms with Gasteiger partial charge in [0, 0.05) is 18.0 Å². The second kappa shape index (κ2) is 6.59. The summed E-state index contributed by atoms with van der Waals surface area (Å²) >= 11 is 0. The van der Waals surface area contributed by atoms with E-state index < -0.39 is 6.29 Å². The number of hydrazine groups is 2. The number of aromatic nitrogens is 1. The van der Waals surface area contributed by atoms with Gasteiger partial charge in [0.05, 0.1) is 11.1 Å². The maximum atomic E-state index is 11.9. The average molecular weight is 425 g/mol. The summed E-state index contributed by atoms with van der Waals surface area (Å²) in [4.78, 5) is 23.2. The second-order valence-electron chi connectivity index (χ2n) is 10.1. The van der Waals surface area contributed by atoms with E-state index in [9.17, 15) is 14.9 Å². The lowest BCUT2D eigenvalue weighted by Gasteiger charge is -2.56. The fourth-order valence-corrected chi connectivity index (χ4v) is 7.20. The van der Waals surface area contributed by atoms with Crippen molar-refractivity contribution in [2.24, 2.45) is 23.5 Å². The molecule has 1 amide bonds. The molecule has 2 atom stereocenters. The van der Waals surface area contributed by atoms with Crippen LogP contribution in [-0.4, -0.2) is 37.6 Å². The number of benzene rings is 1. The van der Waals surface area contributed by atoms with E-state index in [0.29, 0.717) is 24.2 Å². The van der Waals surface area contributed by atoms with Gasteiger partial charge in [-0.1, -0.05) is 18.2 Å². The lowest BCUT2D eigenvalue weighted by molar-refractivity contribution is -0.642. The number of nitrogens with one attached hydrogen (secondary N) is 1. The van der Waals surface area contributed by atoms with E-state index in [2.05, 4.69) is 5.43 Å². The van der Waals surface area contributed by atoms with E-state index >= 15 is 0 Å². The van der Waals surface area contributed by atoms with Crippen LogP contribution in [0.25, 0.3) is 10.9 Å². The van der Waals surface area contributed by atoms with Gasteiger partial charge in [-0.3, -0.25) is 14.9 Å². The van der Waals surface area contributed by atoms with Gasteiger partial charge in [0.2, 0.25) is 5.91 Å². The maximum Gasteiger partial charge on any atom is 0.269 e. The Labute approximate surface area is 180 Å². The summed E-state index contributed by atoms with van der Waals surface area (Å²) in [7, 11) is 0. The van der Waals surface area contributed by atoms with E-state index in [1.165, 1.54) is 24.4 Å². The molecule has 164 valence electrons. The van der Waals surface area contributed by atoms with E-state index in [1.807, 2.05) is 40.1 Å². The summed E-state index contributed by atoms with van der Waals surface area (Å²) in [6.45, 7) is 0. The minimum absolute atomic E-state index is 0.0861. The lowest BCUT2D eigenvalue weighted by Crippen LogP contribution is -2.56. The number of hydrogen-bond donors (Lipinski definition) is 2. The van der Waals surface area contributed by atoms with E-state index in [1.54, 1.807) is 0 Å². The zero-order chi connectivity index (χ0) is 21.3. The first kappa shape index (κ1) is 18.9. The zero-order valence-corrected chi connectivity index (χ0v) is 17.4. The molecule has 0 spiro atoms. The summed E-state index contributed by atoms with van der Waals surface area (Å²) < 4.78 is 1.88. The van der Waals surface area contributed by atoms with Crippen molar-refractivity contribution in [3.8, 4) is 0 Å². The molecule has 2 aromatic rings. The molecule has 0 radical (unpaired) electrons. The van der Waals surface area contributed by atoms with Gasteiger partial charge in [-0.25, -0.2) is 10.1 Å². The number of carbonyl (C=O) groups excluding carboxylic acids is 1. The van der Waals surface area contributed by atoms with Gasteiger partial charge in [0.15, 0.2) is 5.03 Å². The number of primary amides is 1. The fraction of sp³-hybridized carbons (Fsp3) is 0.591. The number of nitrogens with two attached hydrogens (primary N) is 1. The predicted octanol–water partition coefficient (Wildman–Crippen LogP) is 2.58. The molecule has 1 aliphatic heterocycles. The standard InChI is InChI=1S/C22H28N6O3/c23-20(29)6-5-17-13-25(19-4-2-1-3-18(17)19)24-21-26(27(21)28(30)31)22-10-14-7-15(11-22)9-16(8-14)12-22/h1-4,13-16,21,24H,5-12H2,(H2,23,29). The Morgan fingerprint density at radius 3 is 2.42 bits per heavy atom. The monoisotopic (exact) mass is 424 g/mol. The smallest absolute Gasteiger partial charge is 0.269 e. The lowest BCUT2D eigenvalue weighted by atomic mass is 9.53. The Balaban J connectivity index is 1.30. The molecule has 5 fully saturated rings. The zero-order valence-electron chi connectivity index (χ0n) is 17.4. The molecular formula is C22H28N6O3. The number of carbonyl (C=O) groups is 1. The third kappa shape index (κ3) is 2.97. The van der Waals surface area contributed by atoms with Crippen LogP contribution in [0.4, 0.5) is 0 Å². The summed E-state index contributed by atoms with van der Waals surface area (Å²) in [6, 6.07) is 7.92. The highest BCUT2D eigenvalue weighted by Gasteiger charge is 2.69. The van der Waals surface area contributed by atoms with Crippen molar-refractivity contribution in [3.63, 3.8) is 0 Å². The number of hydrogen-bond acceptors (Lipinski definition) is 5. The highest BCUT2D eigenvalue weighted by molar-refractivity contribution is 5.85. The van der Waals surface area contributed by atoms with Gasteiger partial charge in [-0.2, -0.15) is 0 Å². The first-order valence-electron chi connectivity index (χ1n) is 11.3. The molecule has 1 aromatic heterocycles. The van der Waals surface area contributed by atoms with Crippen molar-refractivity contribution in [2.45, 2.75) is 63.2 Å². The third-order valence-corrected chi connectivity index (χ3v) is 7.97. The normalized spacial score (nSPS) is 35.5. The minimum Gasteiger partial charge on any atom is -0.370 e. The number of para-hydroxylation sites is 1. The van der Waals surface area contributed by atoms with E-state index in [0.717, 1.165) is 35.7 Å². The SMILES string of the molecule is NC(=O)CCc1cn(NC2N([N+](=O)[O-])N2C23CC4CC(CC(C4)C2)C3)c2ccccc12.